The number of carbonyl (C=O) groups is 1. The smallest absolute Gasteiger partial charge is 0.303 e. The number of rotatable bonds is 12. The Hall–Kier alpha value is -3.58. The van der Waals surface area contributed by atoms with Gasteiger partial charge in [-0.3, -0.25) is 9.69 Å². The standard InChI is InChI=1S/C31H36FNO5/c1-3-36-28-19-23(20-29(37-4-2)31(28)24-9-11-25(32)12-10-24)21-33-16-14-26(15-17-33)38-27-7-5-6-22(18-27)8-13-30(34)35/h5-7,9-12,18-20,26H,3-4,8,13-17,21H2,1-2H3,(H,34,35). The fraction of sp³-hybridized carbons (Fsp3) is 0.387. The van der Waals surface area contributed by atoms with Crippen LogP contribution in [0, 0.1) is 5.82 Å². The highest BCUT2D eigenvalue weighted by molar-refractivity contribution is 5.77. The molecule has 38 heavy (non-hydrogen) atoms. The third-order valence-electron chi connectivity index (χ3n) is 6.63. The lowest BCUT2D eigenvalue weighted by Crippen LogP contribution is -2.37. The van der Waals surface area contributed by atoms with Gasteiger partial charge in [-0.1, -0.05) is 24.3 Å². The van der Waals surface area contributed by atoms with Gasteiger partial charge in [0.2, 0.25) is 0 Å². The highest BCUT2D eigenvalue weighted by Crippen LogP contribution is 2.40. The van der Waals surface area contributed by atoms with Gasteiger partial charge in [0.15, 0.2) is 0 Å². The van der Waals surface area contributed by atoms with Crippen molar-refractivity contribution in [1.82, 2.24) is 4.90 Å². The number of aliphatic carboxylic acids is 1. The molecule has 0 unspecified atom stereocenters. The van der Waals surface area contributed by atoms with E-state index in [-0.39, 0.29) is 18.3 Å². The maximum Gasteiger partial charge on any atom is 0.303 e. The van der Waals surface area contributed by atoms with E-state index < -0.39 is 5.97 Å². The van der Waals surface area contributed by atoms with Crippen LogP contribution in [0.15, 0.2) is 60.7 Å². The van der Waals surface area contributed by atoms with Gasteiger partial charge in [-0.05, 0) is 86.2 Å². The summed E-state index contributed by atoms with van der Waals surface area (Å²) in [6.45, 7) is 7.50. The number of halogens is 1. The van der Waals surface area contributed by atoms with Crippen molar-refractivity contribution in [2.45, 2.75) is 52.2 Å². The first-order valence-corrected chi connectivity index (χ1v) is 13.3. The number of piperidine rings is 1. The summed E-state index contributed by atoms with van der Waals surface area (Å²) in [7, 11) is 0. The lowest BCUT2D eigenvalue weighted by atomic mass is 10.00. The average Bonchev–Trinajstić information content (AvgIpc) is 2.90. The van der Waals surface area contributed by atoms with Gasteiger partial charge in [0.05, 0.1) is 18.8 Å². The van der Waals surface area contributed by atoms with E-state index in [2.05, 4.69) is 17.0 Å². The summed E-state index contributed by atoms with van der Waals surface area (Å²) in [5.74, 6) is 1.20. The molecule has 1 aliphatic heterocycles. The van der Waals surface area contributed by atoms with Crippen LogP contribution in [-0.2, 0) is 17.8 Å². The quantitative estimate of drug-likeness (QED) is 0.300. The summed E-state index contributed by atoms with van der Waals surface area (Å²) in [5.41, 5.74) is 3.78. The molecule has 4 rings (SSSR count). The molecule has 0 atom stereocenters. The molecule has 3 aromatic rings. The molecule has 7 heteroatoms. The molecule has 1 saturated heterocycles. The zero-order valence-corrected chi connectivity index (χ0v) is 22.1. The molecule has 1 aliphatic rings. The zero-order valence-electron chi connectivity index (χ0n) is 22.1. The van der Waals surface area contributed by atoms with Crippen LogP contribution in [0.2, 0.25) is 0 Å². The summed E-state index contributed by atoms with van der Waals surface area (Å²) < 4.78 is 31.8. The first-order valence-electron chi connectivity index (χ1n) is 13.3. The van der Waals surface area contributed by atoms with Crippen LogP contribution in [0.1, 0.15) is 44.2 Å². The van der Waals surface area contributed by atoms with E-state index >= 15 is 0 Å². The minimum absolute atomic E-state index is 0.114. The number of nitrogens with zero attached hydrogens (tertiary/aromatic N) is 1. The van der Waals surface area contributed by atoms with Crippen molar-refractivity contribution in [1.29, 1.82) is 0 Å². The summed E-state index contributed by atoms with van der Waals surface area (Å²) >= 11 is 0. The van der Waals surface area contributed by atoms with Crippen molar-refractivity contribution < 1.29 is 28.5 Å². The van der Waals surface area contributed by atoms with E-state index in [4.69, 9.17) is 19.3 Å². The van der Waals surface area contributed by atoms with Gasteiger partial charge in [0.25, 0.3) is 0 Å². The summed E-state index contributed by atoms with van der Waals surface area (Å²) in [6, 6.07) is 18.3. The van der Waals surface area contributed by atoms with Crippen LogP contribution in [0.3, 0.4) is 0 Å². The normalized spacial score (nSPS) is 14.3. The molecule has 1 N–H and O–H groups in total. The zero-order chi connectivity index (χ0) is 26.9. The van der Waals surface area contributed by atoms with Crippen molar-refractivity contribution >= 4 is 5.97 Å². The monoisotopic (exact) mass is 521 g/mol. The fourth-order valence-electron chi connectivity index (χ4n) is 4.84. The first kappa shape index (κ1) is 27.5. The molecule has 0 amide bonds. The average molecular weight is 522 g/mol. The Morgan fingerprint density at radius 2 is 1.61 bits per heavy atom. The van der Waals surface area contributed by atoms with Crippen LogP contribution in [0.25, 0.3) is 11.1 Å². The molecule has 0 radical (unpaired) electrons. The number of hydrogen-bond acceptors (Lipinski definition) is 5. The first-order chi connectivity index (χ1) is 18.4. The van der Waals surface area contributed by atoms with Gasteiger partial charge in [-0.25, -0.2) is 4.39 Å². The van der Waals surface area contributed by atoms with Crippen molar-refractivity contribution in [2.24, 2.45) is 0 Å². The van der Waals surface area contributed by atoms with Gasteiger partial charge in [0.1, 0.15) is 29.2 Å². The van der Waals surface area contributed by atoms with Crippen molar-refractivity contribution in [3.8, 4) is 28.4 Å². The Morgan fingerprint density at radius 1 is 0.947 bits per heavy atom. The summed E-state index contributed by atoms with van der Waals surface area (Å²) in [5, 5.41) is 8.93. The molecule has 0 saturated carbocycles. The number of benzene rings is 3. The van der Waals surface area contributed by atoms with Crippen LogP contribution < -0.4 is 14.2 Å². The SMILES string of the molecule is CCOc1cc(CN2CCC(Oc3cccc(CCC(=O)O)c3)CC2)cc(OCC)c1-c1ccc(F)cc1. The summed E-state index contributed by atoms with van der Waals surface area (Å²) in [4.78, 5) is 13.3. The minimum Gasteiger partial charge on any atom is -0.493 e. The number of hydrogen-bond donors (Lipinski definition) is 1. The second kappa shape index (κ2) is 13.3. The second-order valence-electron chi connectivity index (χ2n) is 9.47. The van der Waals surface area contributed by atoms with Crippen molar-refractivity contribution in [3.63, 3.8) is 0 Å². The molecule has 0 bridgehead atoms. The number of likely N-dealkylation sites (tertiary alicyclic amines) is 1. The van der Waals surface area contributed by atoms with E-state index in [1.165, 1.54) is 12.1 Å². The topological polar surface area (TPSA) is 68.2 Å². The molecular formula is C31H36FNO5. The predicted octanol–water partition coefficient (Wildman–Crippen LogP) is 6.35. The Kier molecular flexibility index (Phi) is 9.60. The number of aryl methyl sites for hydroxylation is 1. The van der Waals surface area contributed by atoms with E-state index in [0.29, 0.717) is 19.6 Å². The minimum atomic E-state index is -0.796. The van der Waals surface area contributed by atoms with Gasteiger partial charge in [0, 0.05) is 26.1 Å². The highest BCUT2D eigenvalue weighted by atomic mass is 19.1. The number of ether oxygens (including phenoxy) is 3. The highest BCUT2D eigenvalue weighted by Gasteiger charge is 2.22. The van der Waals surface area contributed by atoms with Gasteiger partial charge in [-0.15, -0.1) is 0 Å². The molecule has 6 nitrogen and oxygen atoms in total. The molecular weight excluding hydrogens is 485 g/mol. The van der Waals surface area contributed by atoms with E-state index in [1.54, 1.807) is 12.1 Å². The number of carboxylic acid groups (broad SMARTS) is 1. The molecule has 3 aromatic carbocycles. The van der Waals surface area contributed by atoms with Crippen LogP contribution in [0.5, 0.6) is 17.2 Å². The van der Waals surface area contributed by atoms with E-state index in [1.807, 2.05) is 38.1 Å². The number of carboxylic acids is 1. The van der Waals surface area contributed by atoms with Gasteiger partial charge >= 0.3 is 5.97 Å². The Balaban J connectivity index is 1.41. The van der Waals surface area contributed by atoms with Crippen LogP contribution in [0.4, 0.5) is 4.39 Å². The molecule has 202 valence electrons. The Bertz CT molecular complexity index is 1180. The molecule has 0 spiro atoms. The van der Waals surface area contributed by atoms with Crippen molar-refractivity contribution in [3.05, 3.63) is 77.6 Å². The summed E-state index contributed by atoms with van der Waals surface area (Å²) in [6.07, 6.45) is 2.55. The third kappa shape index (κ3) is 7.48. The fourth-order valence-corrected chi connectivity index (χ4v) is 4.84. The van der Waals surface area contributed by atoms with Gasteiger partial charge in [-0.2, -0.15) is 0 Å². The Morgan fingerprint density at radius 3 is 2.21 bits per heavy atom. The molecule has 1 heterocycles. The van der Waals surface area contributed by atoms with E-state index in [0.717, 1.165) is 72.0 Å². The molecule has 1 fully saturated rings. The second-order valence-corrected chi connectivity index (χ2v) is 9.47. The molecule has 0 aliphatic carbocycles. The maximum atomic E-state index is 13.6. The maximum absolute atomic E-state index is 13.6. The van der Waals surface area contributed by atoms with Gasteiger partial charge < -0.3 is 19.3 Å². The largest absolute Gasteiger partial charge is 0.493 e. The van der Waals surface area contributed by atoms with E-state index in [9.17, 15) is 9.18 Å². The van der Waals surface area contributed by atoms with Crippen molar-refractivity contribution in [2.75, 3.05) is 26.3 Å². The van der Waals surface area contributed by atoms with Crippen LogP contribution >= 0.6 is 0 Å². The predicted molar refractivity (Wildman–Crippen MR) is 145 cm³/mol. The Labute approximate surface area is 224 Å². The molecule has 0 aromatic heterocycles. The van der Waals surface area contributed by atoms with Crippen LogP contribution in [-0.4, -0.2) is 48.4 Å². The third-order valence-corrected chi connectivity index (χ3v) is 6.63. The lowest BCUT2D eigenvalue weighted by molar-refractivity contribution is -0.136. The lowest BCUT2D eigenvalue weighted by Gasteiger charge is -2.32.